The molecule has 0 spiro atoms. The third-order valence-electron chi connectivity index (χ3n) is 2.88. The van der Waals surface area contributed by atoms with Crippen LogP contribution in [0.1, 0.15) is 6.42 Å². The molecule has 2 amide bonds. The van der Waals surface area contributed by atoms with E-state index in [2.05, 4.69) is 0 Å². The molecule has 2 heterocycles. The maximum Gasteiger partial charge on any atom is 0.417 e. The quantitative estimate of drug-likeness (QED) is 0.584. The summed E-state index contributed by atoms with van der Waals surface area (Å²) in [5.41, 5.74) is 4.07. The topological polar surface area (TPSA) is 108 Å². The van der Waals surface area contributed by atoms with Gasteiger partial charge in [-0.05, 0) is 0 Å². The van der Waals surface area contributed by atoms with Gasteiger partial charge >= 0.3 is 12.2 Å². The first-order chi connectivity index (χ1) is 9.24. The van der Waals surface area contributed by atoms with E-state index in [-0.39, 0.29) is 17.9 Å². The second-order valence-electron chi connectivity index (χ2n) is 4.22. The predicted octanol–water partition coefficient (Wildman–Crippen LogP) is 0.251. The van der Waals surface area contributed by atoms with Crippen LogP contribution < -0.4 is 11.1 Å². The Kier molecular flexibility index (Phi) is 3.52. The van der Waals surface area contributed by atoms with Crippen LogP contribution in [-0.2, 0) is 4.74 Å². The van der Waals surface area contributed by atoms with E-state index < -0.39 is 36.8 Å². The summed E-state index contributed by atoms with van der Waals surface area (Å²) in [7, 11) is 0. The number of urea groups is 1. The average molecular weight is 295 g/mol. The number of amides is 2. The largest absolute Gasteiger partial charge is 0.508 e. The van der Waals surface area contributed by atoms with E-state index in [1.54, 1.807) is 0 Å². The Morgan fingerprint density at radius 1 is 1.55 bits per heavy atom. The fourth-order valence-electron chi connectivity index (χ4n) is 1.87. The van der Waals surface area contributed by atoms with Crippen LogP contribution in [0.15, 0.2) is 23.3 Å². The summed E-state index contributed by atoms with van der Waals surface area (Å²) < 4.78 is 43.2. The standard InChI is InChI=1S/C10H12F3N3O4/c11-10(12,13)4-2-16(9(19)15-8(4)14)7-1-5(18)6(3-17)20-7/h2,7-8,17-18H,1,3,14H2,(H,15,19)/t7-,8?/m1/s1. The normalized spacial score (nSPS) is 27.4. The molecule has 0 saturated carbocycles. The summed E-state index contributed by atoms with van der Waals surface area (Å²) >= 11 is 0. The highest BCUT2D eigenvalue weighted by molar-refractivity contribution is 5.78. The zero-order valence-corrected chi connectivity index (χ0v) is 10.0. The van der Waals surface area contributed by atoms with Crippen molar-refractivity contribution in [2.75, 3.05) is 6.61 Å². The minimum Gasteiger partial charge on any atom is -0.508 e. The molecule has 1 unspecified atom stereocenters. The van der Waals surface area contributed by atoms with Gasteiger partial charge in [-0.1, -0.05) is 0 Å². The molecule has 2 atom stereocenters. The molecular formula is C10H12F3N3O4. The minimum absolute atomic E-state index is 0.181. The van der Waals surface area contributed by atoms with Gasteiger partial charge in [0.15, 0.2) is 12.0 Å². The van der Waals surface area contributed by atoms with Gasteiger partial charge < -0.3 is 26.0 Å². The number of rotatable bonds is 2. The van der Waals surface area contributed by atoms with Crippen LogP contribution in [0.2, 0.25) is 0 Å². The second kappa shape index (κ2) is 4.87. The molecule has 2 rings (SSSR count). The van der Waals surface area contributed by atoms with Gasteiger partial charge in [0.2, 0.25) is 0 Å². The van der Waals surface area contributed by atoms with E-state index in [0.29, 0.717) is 11.1 Å². The van der Waals surface area contributed by atoms with E-state index in [1.165, 1.54) is 0 Å². The lowest BCUT2D eigenvalue weighted by Gasteiger charge is -2.33. The SMILES string of the molecule is NC1NC(=O)N([C@H]2CC(O)=C(CO)O2)C=C1C(F)(F)F. The van der Waals surface area contributed by atoms with Crippen LogP contribution >= 0.6 is 0 Å². The zero-order chi connectivity index (χ0) is 15.1. The molecule has 0 radical (unpaired) electrons. The number of nitrogens with zero attached hydrogens (tertiary/aromatic N) is 1. The van der Waals surface area contributed by atoms with Crippen LogP contribution in [-0.4, -0.2) is 46.3 Å². The monoisotopic (exact) mass is 295 g/mol. The zero-order valence-electron chi connectivity index (χ0n) is 10.0. The molecule has 0 aromatic heterocycles. The van der Waals surface area contributed by atoms with E-state index in [4.69, 9.17) is 15.6 Å². The molecule has 0 bridgehead atoms. The van der Waals surface area contributed by atoms with Gasteiger partial charge in [-0.2, -0.15) is 13.2 Å². The number of carbonyl (C=O) groups is 1. The van der Waals surface area contributed by atoms with E-state index in [9.17, 15) is 23.1 Å². The number of hydrogen-bond acceptors (Lipinski definition) is 5. The number of aliphatic hydroxyl groups is 2. The van der Waals surface area contributed by atoms with Crippen molar-refractivity contribution in [3.05, 3.63) is 23.3 Å². The van der Waals surface area contributed by atoms with Crippen molar-refractivity contribution >= 4 is 6.03 Å². The van der Waals surface area contributed by atoms with Crippen molar-refractivity contribution in [1.29, 1.82) is 0 Å². The maximum absolute atomic E-state index is 12.7. The lowest BCUT2D eigenvalue weighted by atomic mass is 10.1. The molecule has 2 aliphatic rings. The molecule has 0 fully saturated rings. The molecule has 0 saturated heterocycles. The summed E-state index contributed by atoms with van der Waals surface area (Å²) in [5, 5.41) is 20.2. The van der Waals surface area contributed by atoms with Crippen LogP contribution in [0.4, 0.5) is 18.0 Å². The molecule has 0 aliphatic carbocycles. The predicted molar refractivity (Wildman–Crippen MR) is 58.7 cm³/mol. The number of nitrogens with two attached hydrogens (primary N) is 1. The Morgan fingerprint density at radius 3 is 2.70 bits per heavy atom. The smallest absolute Gasteiger partial charge is 0.417 e. The summed E-state index contributed by atoms with van der Waals surface area (Å²) in [6, 6.07) is -0.887. The van der Waals surface area contributed by atoms with E-state index in [0.717, 1.165) is 0 Å². The number of ether oxygens (including phenoxy) is 1. The van der Waals surface area contributed by atoms with Crippen LogP contribution in [0, 0.1) is 0 Å². The fraction of sp³-hybridized carbons (Fsp3) is 0.500. The molecule has 7 nitrogen and oxygen atoms in total. The molecule has 112 valence electrons. The lowest BCUT2D eigenvalue weighted by Crippen LogP contribution is -2.56. The van der Waals surface area contributed by atoms with E-state index in [1.807, 2.05) is 5.32 Å². The summed E-state index contributed by atoms with van der Waals surface area (Å²) in [6.07, 6.45) is -7.22. The summed E-state index contributed by atoms with van der Waals surface area (Å²) in [5.74, 6) is -0.498. The Hall–Kier alpha value is -1.94. The van der Waals surface area contributed by atoms with Crippen LogP contribution in [0.25, 0.3) is 0 Å². The lowest BCUT2D eigenvalue weighted by molar-refractivity contribution is -0.0994. The Labute approximate surface area is 111 Å². The molecule has 20 heavy (non-hydrogen) atoms. The van der Waals surface area contributed by atoms with Crippen molar-refractivity contribution < 1.29 is 32.9 Å². The number of aliphatic hydroxyl groups excluding tert-OH is 2. The first kappa shape index (κ1) is 14.5. The van der Waals surface area contributed by atoms with Gasteiger partial charge in [0.05, 0.1) is 12.0 Å². The first-order valence-corrected chi connectivity index (χ1v) is 5.56. The van der Waals surface area contributed by atoms with Gasteiger partial charge in [-0.3, -0.25) is 4.90 Å². The third-order valence-corrected chi connectivity index (χ3v) is 2.88. The van der Waals surface area contributed by atoms with Crippen molar-refractivity contribution in [2.24, 2.45) is 5.73 Å². The van der Waals surface area contributed by atoms with Gasteiger partial charge in [0, 0.05) is 6.20 Å². The molecule has 0 aromatic rings. The van der Waals surface area contributed by atoms with Crippen molar-refractivity contribution in [1.82, 2.24) is 10.2 Å². The summed E-state index contributed by atoms with van der Waals surface area (Å²) in [6.45, 7) is -0.618. The third kappa shape index (κ3) is 2.51. The molecule has 10 heteroatoms. The van der Waals surface area contributed by atoms with Crippen molar-refractivity contribution in [2.45, 2.75) is 25.0 Å². The Bertz CT molecular complexity index is 489. The molecule has 2 aliphatic heterocycles. The van der Waals surface area contributed by atoms with Gasteiger partial charge in [-0.25, -0.2) is 4.79 Å². The molecule has 5 N–H and O–H groups in total. The van der Waals surface area contributed by atoms with E-state index >= 15 is 0 Å². The van der Waals surface area contributed by atoms with Gasteiger partial charge in [0.1, 0.15) is 18.5 Å². The molecule has 0 aromatic carbocycles. The van der Waals surface area contributed by atoms with Crippen LogP contribution in [0.5, 0.6) is 0 Å². The number of carbonyl (C=O) groups excluding carboxylic acids is 1. The first-order valence-electron chi connectivity index (χ1n) is 5.56. The summed E-state index contributed by atoms with van der Waals surface area (Å²) in [4.78, 5) is 12.3. The van der Waals surface area contributed by atoms with Gasteiger partial charge in [-0.15, -0.1) is 0 Å². The fourth-order valence-corrected chi connectivity index (χ4v) is 1.87. The highest BCUT2D eigenvalue weighted by atomic mass is 19.4. The minimum atomic E-state index is -4.71. The number of nitrogens with one attached hydrogen (secondary N) is 1. The number of alkyl halides is 3. The van der Waals surface area contributed by atoms with Crippen molar-refractivity contribution in [3.8, 4) is 0 Å². The number of hydrogen-bond donors (Lipinski definition) is 4. The Balaban J connectivity index is 2.24. The van der Waals surface area contributed by atoms with Crippen molar-refractivity contribution in [3.63, 3.8) is 0 Å². The molecular weight excluding hydrogens is 283 g/mol. The maximum atomic E-state index is 12.7. The van der Waals surface area contributed by atoms with Crippen LogP contribution in [0.3, 0.4) is 0 Å². The van der Waals surface area contributed by atoms with Gasteiger partial charge in [0.25, 0.3) is 0 Å². The Morgan fingerprint density at radius 2 is 2.20 bits per heavy atom. The average Bonchev–Trinajstić information content (AvgIpc) is 2.68. The second-order valence-corrected chi connectivity index (χ2v) is 4.22. The highest BCUT2D eigenvalue weighted by Gasteiger charge is 2.44. The number of halogens is 3. The highest BCUT2D eigenvalue weighted by Crippen LogP contribution is 2.32.